The molecule has 8 heteroatoms. The van der Waals surface area contributed by atoms with Gasteiger partial charge in [0.05, 0.1) is 30.1 Å². The van der Waals surface area contributed by atoms with Crippen molar-refractivity contribution >= 4 is 21.6 Å². The molecule has 0 aromatic heterocycles. The molecule has 3 aromatic carbocycles. The lowest BCUT2D eigenvalue weighted by molar-refractivity contribution is 0.0709. The summed E-state index contributed by atoms with van der Waals surface area (Å²) in [7, 11) is -2.16. The maximum Gasteiger partial charge on any atom is 0.257 e. The van der Waals surface area contributed by atoms with Crippen LogP contribution in [0.1, 0.15) is 45.8 Å². The molecule has 1 N–H and O–H groups in total. The summed E-state index contributed by atoms with van der Waals surface area (Å²) in [5.41, 5.74) is 3.12. The van der Waals surface area contributed by atoms with Crippen molar-refractivity contribution in [2.75, 3.05) is 24.9 Å². The molecule has 1 aliphatic heterocycles. The van der Waals surface area contributed by atoms with Gasteiger partial charge in [-0.3, -0.25) is 9.52 Å². The number of methoxy groups -OCH3 is 1. The van der Waals surface area contributed by atoms with E-state index in [1.165, 1.54) is 18.7 Å². The third kappa shape index (κ3) is 6.00. The van der Waals surface area contributed by atoms with Crippen LogP contribution in [0.3, 0.4) is 0 Å². The van der Waals surface area contributed by atoms with Gasteiger partial charge >= 0.3 is 0 Å². The summed E-state index contributed by atoms with van der Waals surface area (Å²) in [6.45, 7) is 1.16. The summed E-state index contributed by atoms with van der Waals surface area (Å²) >= 11 is 0. The number of amides is 1. The highest BCUT2D eigenvalue weighted by Gasteiger charge is 2.27. The predicted molar refractivity (Wildman–Crippen MR) is 135 cm³/mol. The molecule has 0 spiro atoms. The lowest BCUT2D eigenvalue weighted by Gasteiger charge is -2.32. The number of ether oxygens (including phenoxy) is 1. The first-order chi connectivity index (χ1) is 16.9. The van der Waals surface area contributed by atoms with Crippen molar-refractivity contribution in [1.29, 1.82) is 5.26 Å². The van der Waals surface area contributed by atoms with Crippen molar-refractivity contribution in [2.24, 2.45) is 0 Å². The number of nitrogens with one attached hydrogen (secondary N) is 1. The zero-order chi connectivity index (χ0) is 24.8. The van der Waals surface area contributed by atoms with Crippen LogP contribution in [0.5, 0.6) is 5.75 Å². The van der Waals surface area contributed by atoms with Gasteiger partial charge in [-0.1, -0.05) is 42.5 Å². The van der Waals surface area contributed by atoms with Gasteiger partial charge in [0.2, 0.25) is 10.0 Å². The zero-order valence-electron chi connectivity index (χ0n) is 19.5. The Morgan fingerprint density at radius 2 is 1.74 bits per heavy atom. The van der Waals surface area contributed by atoms with Crippen LogP contribution in [0.25, 0.3) is 0 Å². The molecule has 0 unspecified atom stereocenters. The van der Waals surface area contributed by atoms with Crippen LogP contribution in [-0.2, 0) is 15.8 Å². The van der Waals surface area contributed by atoms with Gasteiger partial charge in [0.25, 0.3) is 5.91 Å². The second kappa shape index (κ2) is 10.6. The fourth-order valence-corrected chi connectivity index (χ4v) is 5.55. The minimum absolute atomic E-state index is 0.161. The van der Waals surface area contributed by atoms with E-state index >= 15 is 0 Å². The number of anilines is 1. The molecule has 35 heavy (non-hydrogen) atoms. The Hall–Kier alpha value is -3.83. The summed E-state index contributed by atoms with van der Waals surface area (Å²) in [6.07, 6.45) is 1.62. The lowest BCUT2D eigenvalue weighted by atomic mass is 9.89. The molecule has 3 aromatic rings. The number of hydrogen-bond donors (Lipinski definition) is 1. The van der Waals surface area contributed by atoms with Gasteiger partial charge in [-0.2, -0.15) is 5.26 Å². The molecule has 0 atom stereocenters. The Kier molecular flexibility index (Phi) is 7.37. The molecule has 1 heterocycles. The SMILES string of the molecule is COc1ccc(NS(=O)(=O)Cc2ccccc2)cc1C(=O)N1CCC(c2ccc(C#N)cc2)CC1. The highest BCUT2D eigenvalue weighted by atomic mass is 32.2. The first kappa shape index (κ1) is 24.3. The molecule has 0 radical (unpaired) electrons. The first-order valence-corrected chi connectivity index (χ1v) is 13.1. The fourth-order valence-electron chi connectivity index (χ4n) is 4.36. The number of nitrogens with zero attached hydrogens (tertiary/aromatic N) is 2. The molecule has 0 aliphatic carbocycles. The van der Waals surface area contributed by atoms with Crippen molar-refractivity contribution < 1.29 is 17.9 Å². The third-order valence-electron chi connectivity index (χ3n) is 6.20. The van der Waals surface area contributed by atoms with Crippen molar-refractivity contribution in [2.45, 2.75) is 24.5 Å². The molecule has 4 rings (SSSR count). The molecule has 1 fully saturated rings. The average molecular weight is 490 g/mol. The van der Waals surface area contributed by atoms with Crippen LogP contribution >= 0.6 is 0 Å². The Labute approximate surface area is 206 Å². The molecule has 1 amide bonds. The number of nitriles is 1. The van der Waals surface area contributed by atoms with Gasteiger partial charge in [-0.05, 0) is 60.2 Å². The summed E-state index contributed by atoms with van der Waals surface area (Å²) in [6, 6.07) is 23.4. The van der Waals surface area contributed by atoms with Crippen molar-refractivity contribution in [3.8, 4) is 11.8 Å². The summed E-state index contributed by atoms with van der Waals surface area (Å²) in [5.74, 6) is 0.371. The molecular weight excluding hydrogens is 462 g/mol. The first-order valence-electron chi connectivity index (χ1n) is 11.4. The van der Waals surface area contributed by atoms with Crippen LogP contribution in [0.15, 0.2) is 72.8 Å². The van der Waals surface area contributed by atoms with E-state index in [0.717, 1.165) is 12.8 Å². The maximum atomic E-state index is 13.3. The minimum atomic E-state index is -3.65. The van der Waals surface area contributed by atoms with E-state index in [2.05, 4.69) is 10.8 Å². The van der Waals surface area contributed by atoms with Crippen LogP contribution in [0, 0.1) is 11.3 Å². The molecule has 1 aliphatic rings. The van der Waals surface area contributed by atoms with Crippen molar-refractivity contribution in [3.63, 3.8) is 0 Å². The van der Waals surface area contributed by atoms with E-state index in [1.54, 1.807) is 41.3 Å². The van der Waals surface area contributed by atoms with E-state index in [9.17, 15) is 13.2 Å². The van der Waals surface area contributed by atoms with Crippen LogP contribution in [0.2, 0.25) is 0 Å². The topological polar surface area (TPSA) is 99.5 Å². The predicted octanol–water partition coefficient (Wildman–Crippen LogP) is 4.53. The van der Waals surface area contributed by atoms with Crippen LogP contribution in [-0.4, -0.2) is 39.4 Å². The quantitative estimate of drug-likeness (QED) is 0.526. The van der Waals surface area contributed by atoms with Crippen LogP contribution in [0.4, 0.5) is 5.69 Å². The van der Waals surface area contributed by atoms with Gasteiger partial charge < -0.3 is 9.64 Å². The fraction of sp³-hybridized carbons (Fsp3) is 0.259. The number of hydrogen-bond acceptors (Lipinski definition) is 5. The Morgan fingerprint density at radius 3 is 2.37 bits per heavy atom. The summed E-state index contributed by atoms with van der Waals surface area (Å²) < 4.78 is 33.3. The van der Waals surface area contributed by atoms with Crippen LogP contribution < -0.4 is 9.46 Å². The Balaban J connectivity index is 1.45. The number of carbonyl (C=O) groups is 1. The highest BCUT2D eigenvalue weighted by Crippen LogP contribution is 2.31. The molecule has 0 saturated carbocycles. The third-order valence-corrected chi connectivity index (χ3v) is 7.46. The average Bonchev–Trinajstić information content (AvgIpc) is 2.88. The number of benzene rings is 3. The number of rotatable bonds is 7. The molecule has 7 nitrogen and oxygen atoms in total. The van der Waals surface area contributed by atoms with E-state index in [-0.39, 0.29) is 11.7 Å². The standard InChI is InChI=1S/C27H27N3O4S/c1-34-26-12-11-24(29-35(32,33)19-21-5-3-2-4-6-21)17-25(26)27(31)30-15-13-23(14-16-30)22-9-7-20(18-28)8-10-22/h2-12,17,23,29H,13-16,19H2,1H3. The van der Waals surface area contributed by atoms with E-state index in [0.29, 0.717) is 47.1 Å². The smallest absolute Gasteiger partial charge is 0.257 e. The summed E-state index contributed by atoms with van der Waals surface area (Å²) in [5, 5.41) is 8.99. The van der Waals surface area contributed by atoms with Gasteiger partial charge in [-0.25, -0.2) is 8.42 Å². The number of piperidine rings is 1. The highest BCUT2D eigenvalue weighted by molar-refractivity contribution is 7.91. The van der Waals surface area contributed by atoms with Gasteiger partial charge in [0.15, 0.2) is 0 Å². The molecular formula is C27H27N3O4S. The van der Waals surface area contributed by atoms with Gasteiger partial charge in [0, 0.05) is 18.8 Å². The lowest BCUT2D eigenvalue weighted by Crippen LogP contribution is -2.38. The second-order valence-corrected chi connectivity index (χ2v) is 10.3. The largest absolute Gasteiger partial charge is 0.496 e. The Bertz CT molecular complexity index is 1330. The minimum Gasteiger partial charge on any atom is -0.496 e. The number of likely N-dealkylation sites (tertiary alicyclic amines) is 1. The van der Waals surface area contributed by atoms with E-state index in [4.69, 9.17) is 10.00 Å². The molecule has 0 bridgehead atoms. The van der Waals surface area contributed by atoms with E-state index < -0.39 is 10.0 Å². The Morgan fingerprint density at radius 1 is 1.06 bits per heavy atom. The van der Waals surface area contributed by atoms with E-state index in [1.807, 2.05) is 30.3 Å². The van der Waals surface area contributed by atoms with Crippen molar-refractivity contribution in [3.05, 3.63) is 95.1 Å². The van der Waals surface area contributed by atoms with Gasteiger partial charge in [0.1, 0.15) is 5.75 Å². The number of carbonyl (C=O) groups excluding carboxylic acids is 1. The normalized spacial score (nSPS) is 14.2. The summed E-state index contributed by atoms with van der Waals surface area (Å²) in [4.78, 5) is 15.1. The zero-order valence-corrected chi connectivity index (χ0v) is 20.3. The second-order valence-electron chi connectivity index (χ2n) is 8.56. The molecule has 180 valence electrons. The number of sulfonamides is 1. The monoisotopic (exact) mass is 489 g/mol. The van der Waals surface area contributed by atoms with Crippen molar-refractivity contribution in [1.82, 2.24) is 4.90 Å². The maximum absolute atomic E-state index is 13.3. The molecule has 1 saturated heterocycles. The van der Waals surface area contributed by atoms with Gasteiger partial charge in [-0.15, -0.1) is 0 Å².